The first-order valence-electron chi connectivity index (χ1n) is 9.07. The molecule has 0 bridgehead atoms. The minimum atomic E-state index is -0.299. The van der Waals surface area contributed by atoms with E-state index in [9.17, 15) is 4.79 Å². The number of ether oxygens (including phenoxy) is 1. The Morgan fingerprint density at radius 3 is 2.96 bits per heavy atom. The number of aromatic nitrogens is 3. The second kappa shape index (κ2) is 5.13. The summed E-state index contributed by atoms with van der Waals surface area (Å²) in [6.07, 6.45) is 4.83. The fourth-order valence-electron chi connectivity index (χ4n) is 4.53. The van der Waals surface area contributed by atoms with Crippen molar-refractivity contribution >= 4 is 22.7 Å². The average molecular weight is 350 g/mol. The first-order chi connectivity index (χ1) is 12.5. The van der Waals surface area contributed by atoms with Gasteiger partial charge >= 0.3 is 6.09 Å². The highest BCUT2D eigenvalue weighted by Crippen LogP contribution is 2.45. The largest absolute Gasteiger partial charge is 0.452 e. The molecule has 2 N–H and O–H groups in total. The number of hydrogen-bond acceptors (Lipinski definition) is 3. The minimum Gasteiger partial charge on any atom is -0.452 e. The van der Waals surface area contributed by atoms with Crippen molar-refractivity contribution in [2.45, 2.75) is 38.5 Å². The number of carbonyl (C=O) groups is 1. The second-order valence-electron chi connectivity index (χ2n) is 7.95. The van der Waals surface area contributed by atoms with E-state index in [-0.39, 0.29) is 11.5 Å². The Bertz CT molecular complexity index is 1040. The van der Waals surface area contributed by atoms with Gasteiger partial charge in [0.15, 0.2) is 0 Å². The summed E-state index contributed by atoms with van der Waals surface area (Å²) in [7, 11) is 1.44. The lowest BCUT2D eigenvalue weighted by molar-refractivity contribution is 0.178. The smallest absolute Gasteiger partial charge is 0.414 e. The fraction of sp³-hybridized carbons (Fsp3) is 0.400. The number of anilines is 1. The number of fused-ring (bicyclic) bond motifs is 6. The number of aryl methyl sites for hydroxylation is 2. The van der Waals surface area contributed by atoms with Crippen LogP contribution in [0.5, 0.6) is 0 Å². The maximum atomic E-state index is 12.3. The highest BCUT2D eigenvalue weighted by molar-refractivity contribution is 5.99. The number of hydrogen-bond donors (Lipinski definition) is 2. The molecule has 2 aromatic heterocycles. The topological polar surface area (TPSA) is 74.0 Å². The van der Waals surface area contributed by atoms with Crippen molar-refractivity contribution in [1.29, 1.82) is 0 Å². The Morgan fingerprint density at radius 1 is 1.31 bits per heavy atom. The molecule has 1 aliphatic heterocycles. The van der Waals surface area contributed by atoms with Gasteiger partial charge in [0, 0.05) is 29.1 Å². The van der Waals surface area contributed by atoms with Crippen molar-refractivity contribution in [2.75, 3.05) is 18.6 Å². The van der Waals surface area contributed by atoms with E-state index >= 15 is 0 Å². The van der Waals surface area contributed by atoms with Crippen LogP contribution in [0.4, 0.5) is 10.5 Å². The molecule has 6 heteroatoms. The van der Waals surface area contributed by atoms with Gasteiger partial charge in [-0.25, -0.2) is 4.79 Å². The van der Waals surface area contributed by atoms with Crippen LogP contribution in [0.25, 0.3) is 22.3 Å². The predicted molar refractivity (Wildman–Crippen MR) is 101 cm³/mol. The van der Waals surface area contributed by atoms with Crippen LogP contribution in [0.1, 0.15) is 37.0 Å². The molecule has 0 unspecified atom stereocenters. The number of aromatic amines is 2. The summed E-state index contributed by atoms with van der Waals surface area (Å²) in [5.41, 5.74) is 7.83. The summed E-state index contributed by atoms with van der Waals surface area (Å²) in [5, 5.41) is 8.66. The molecular formula is C20H22N4O2. The molecule has 1 amide bonds. The van der Waals surface area contributed by atoms with Gasteiger partial charge in [0.2, 0.25) is 0 Å². The van der Waals surface area contributed by atoms with E-state index in [0.717, 1.165) is 41.9 Å². The van der Waals surface area contributed by atoms with Gasteiger partial charge in [-0.15, -0.1) is 0 Å². The van der Waals surface area contributed by atoms with Crippen LogP contribution < -0.4 is 4.90 Å². The maximum Gasteiger partial charge on any atom is 0.414 e. The summed E-state index contributed by atoms with van der Waals surface area (Å²) in [5.74, 6) is 0. The summed E-state index contributed by atoms with van der Waals surface area (Å²) in [6, 6.07) is 4.36. The monoisotopic (exact) mass is 350 g/mol. The SMILES string of the molecule is COC(=O)N1CC(C)(C)c2cc3[nH]c4c(c3cc21)CCCc1c[nH]nc1-4. The van der Waals surface area contributed by atoms with Crippen molar-refractivity contribution in [3.63, 3.8) is 0 Å². The van der Waals surface area contributed by atoms with Crippen LogP contribution in [0.15, 0.2) is 18.3 Å². The van der Waals surface area contributed by atoms with Gasteiger partial charge in [0.05, 0.1) is 18.5 Å². The Morgan fingerprint density at radius 2 is 2.15 bits per heavy atom. The standard InChI is InChI=1S/C20H22N4O2/c1-20(2)10-24(19(25)26-3)16-7-13-12-6-4-5-11-9-21-23-17(11)18(12)22-15(13)8-14(16)20/h7-9,22H,4-6,10H2,1-3H3,(H,21,23). The first kappa shape index (κ1) is 15.5. The van der Waals surface area contributed by atoms with Crippen LogP contribution in [0, 0.1) is 0 Å². The Kier molecular flexibility index (Phi) is 3.05. The highest BCUT2D eigenvalue weighted by Gasteiger charge is 2.39. The predicted octanol–water partition coefficient (Wildman–Crippen LogP) is 3.91. The zero-order chi connectivity index (χ0) is 18.1. The number of amides is 1. The Balaban J connectivity index is 1.77. The van der Waals surface area contributed by atoms with Crippen molar-refractivity contribution in [3.05, 3.63) is 35.0 Å². The van der Waals surface area contributed by atoms with Crippen molar-refractivity contribution in [1.82, 2.24) is 15.2 Å². The van der Waals surface area contributed by atoms with E-state index in [1.807, 2.05) is 6.20 Å². The average Bonchev–Trinajstić information content (AvgIpc) is 3.26. The molecule has 3 aromatic rings. The minimum absolute atomic E-state index is 0.113. The lowest BCUT2D eigenvalue weighted by atomic mass is 9.86. The molecule has 0 radical (unpaired) electrons. The molecule has 0 spiro atoms. The Labute approximate surface area is 151 Å². The number of H-pyrrole nitrogens is 2. The van der Waals surface area contributed by atoms with Crippen LogP contribution in [-0.4, -0.2) is 34.9 Å². The van der Waals surface area contributed by atoms with Gasteiger partial charge in [-0.05, 0) is 48.1 Å². The van der Waals surface area contributed by atoms with Crippen LogP contribution >= 0.6 is 0 Å². The quantitative estimate of drug-likeness (QED) is 0.645. The molecule has 5 rings (SSSR count). The van der Waals surface area contributed by atoms with Crippen LogP contribution in [0.3, 0.4) is 0 Å². The van der Waals surface area contributed by atoms with Gasteiger partial charge in [-0.1, -0.05) is 13.8 Å². The number of methoxy groups -OCH3 is 1. The summed E-state index contributed by atoms with van der Waals surface area (Å²) in [4.78, 5) is 17.7. The molecule has 0 saturated carbocycles. The van der Waals surface area contributed by atoms with E-state index in [1.165, 1.54) is 29.2 Å². The highest BCUT2D eigenvalue weighted by atomic mass is 16.5. The third-order valence-corrected chi connectivity index (χ3v) is 5.82. The lowest BCUT2D eigenvalue weighted by Gasteiger charge is -2.19. The molecule has 6 nitrogen and oxygen atoms in total. The molecule has 0 fully saturated rings. The number of nitrogens with zero attached hydrogens (tertiary/aromatic N) is 2. The number of rotatable bonds is 0. The van der Waals surface area contributed by atoms with E-state index in [0.29, 0.717) is 6.54 Å². The van der Waals surface area contributed by atoms with Crippen LogP contribution in [0.2, 0.25) is 0 Å². The zero-order valence-corrected chi connectivity index (χ0v) is 15.3. The van der Waals surface area contributed by atoms with Crippen molar-refractivity contribution < 1.29 is 9.53 Å². The normalized spacial score (nSPS) is 17.6. The molecule has 0 atom stereocenters. The first-order valence-corrected chi connectivity index (χ1v) is 9.07. The number of nitrogens with one attached hydrogen (secondary N) is 2. The summed E-state index contributed by atoms with van der Waals surface area (Å²) < 4.78 is 5.01. The fourth-order valence-corrected chi connectivity index (χ4v) is 4.53. The third kappa shape index (κ3) is 1.98. The van der Waals surface area contributed by atoms with Crippen molar-refractivity contribution in [3.8, 4) is 11.4 Å². The van der Waals surface area contributed by atoms with Gasteiger partial charge in [-0.2, -0.15) is 5.10 Å². The lowest BCUT2D eigenvalue weighted by Crippen LogP contribution is -2.33. The second-order valence-corrected chi connectivity index (χ2v) is 7.95. The molecule has 1 aromatic carbocycles. The molecule has 26 heavy (non-hydrogen) atoms. The van der Waals surface area contributed by atoms with Gasteiger partial charge in [0.25, 0.3) is 0 Å². The molecule has 0 saturated heterocycles. The summed E-state index contributed by atoms with van der Waals surface area (Å²) in [6.45, 7) is 4.97. The van der Waals surface area contributed by atoms with Gasteiger partial charge in [0.1, 0.15) is 5.69 Å². The van der Waals surface area contributed by atoms with E-state index in [2.05, 4.69) is 41.2 Å². The van der Waals surface area contributed by atoms with Crippen molar-refractivity contribution in [2.24, 2.45) is 0 Å². The molecular weight excluding hydrogens is 328 g/mol. The van der Waals surface area contributed by atoms with E-state index in [1.54, 1.807) is 4.90 Å². The molecule has 134 valence electrons. The Hall–Kier alpha value is -2.76. The van der Waals surface area contributed by atoms with Crippen LogP contribution in [-0.2, 0) is 23.0 Å². The molecule has 1 aliphatic carbocycles. The molecule has 2 aliphatic rings. The van der Waals surface area contributed by atoms with Gasteiger partial charge < -0.3 is 9.72 Å². The van der Waals surface area contributed by atoms with E-state index < -0.39 is 0 Å². The third-order valence-electron chi connectivity index (χ3n) is 5.82. The van der Waals surface area contributed by atoms with E-state index in [4.69, 9.17) is 4.74 Å². The number of benzene rings is 1. The summed E-state index contributed by atoms with van der Waals surface area (Å²) >= 11 is 0. The molecule has 3 heterocycles. The zero-order valence-electron chi connectivity index (χ0n) is 15.3. The maximum absolute atomic E-state index is 12.3. The van der Waals surface area contributed by atoms with Gasteiger partial charge in [-0.3, -0.25) is 10.00 Å². The number of carbonyl (C=O) groups excluding carboxylic acids is 1.